The maximum absolute atomic E-state index is 13.7. The first-order valence-corrected chi connectivity index (χ1v) is 8.06. The number of halogens is 1. The zero-order chi connectivity index (χ0) is 16.6. The number of methoxy groups -OCH3 is 1. The Kier molecular flexibility index (Phi) is 4.39. The summed E-state index contributed by atoms with van der Waals surface area (Å²) < 4.78 is 20.6. The highest BCUT2D eigenvalue weighted by Crippen LogP contribution is 2.31. The molecule has 0 aliphatic heterocycles. The monoisotopic (exact) mass is 319 g/mol. The van der Waals surface area contributed by atoms with Crippen LogP contribution in [0.5, 0.6) is 0 Å². The smallest absolute Gasteiger partial charge is 0.340 e. The lowest BCUT2D eigenvalue weighted by atomic mass is 9.87. The molecular weight excluding hydrogens is 297 g/mol. The van der Waals surface area contributed by atoms with Gasteiger partial charge in [0.05, 0.1) is 24.3 Å². The van der Waals surface area contributed by atoms with Crippen molar-refractivity contribution in [3.8, 4) is 0 Å². The van der Waals surface area contributed by atoms with Crippen LogP contribution in [0, 0.1) is 18.7 Å². The van der Waals surface area contributed by atoms with E-state index in [1.807, 2.05) is 11.5 Å². The van der Waals surface area contributed by atoms with Crippen molar-refractivity contribution in [3.05, 3.63) is 35.3 Å². The van der Waals surface area contributed by atoms with Crippen LogP contribution in [0.3, 0.4) is 0 Å². The number of nitrogens with zero attached hydrogens (tertiary/aromatic N) is 1. The molecule has 3 rings (SSSR count). The van der Waals surface area contributed by atoms with Crippen LogP contribution in [-0.2, 0) is 11.3 Å². The minimum absolute atomic E-state index is 0.197. The number of hydrogen-bond donors (Lipinski definition) is 1. The third-order valence-electron chi connectivity index (χ3n) is 4.93. The van der Waals surface area contributed by atoms with Crippen LogP contribution in [-0.4, -0.2) is 28.9 Å². The van der Waals surface area contributed by atoms with Gasteiger partial charge in [0.2, 0.25) is 0 Å². The van der Waals surface area contributed by atoms with E-state index < -0.39 is 5.97 Å². The number of fused-ring (bicyclic) bond motifs is 1. The Hall–Kier alpha value is -1.88. The summed E-state index contributed by atoms with van der Waals surface area (Å²) in [6.07, 6.45) is 3.31. The molecule has 1 heterocycles. The molecule has 23 heavy (non-hydrogen) atoms. The fourth-order valence-corrected chi connectivity index (χ4v) is 3.63. The molecule has 1 aromatic heterocycles. The predicted octanol–water partition coefficient (Wildman–Crippen LogP) is 3.43. The fourth-order valence-electron chi connectivity index (χ4n) is 3.63. The summed E-state index contributed by atoms with van der Waals surface area (Å²) in [6.45, 7) is 2.61. The van der Waals surface area contributed by atoms with Crippen molar-refractivity contribution in [1.29, 1.82) is 0 Å². The summed E-state index contributed by atoms with van der Waals surface area (Å²) in [5.74, 6) is -0.273. The predicted molar refractivity (Wildman–Crippen MR) is 85.9 cm³/mol. The molecule has 124 valence electrons. The van der Waals surface area contributed by atoms with E-state index in [9.17, 15) is 14.3 Å². The molecule has 1 N–H and O–H groups in total. The van der Waals surface area contributed by atoms with Gasteiger partial charge in [-0.05, 0) is 56.7 Å². The van der Waals surface area contributed by atoms with Gasteiger partial charge in [-0.2, -0.15) is 0 Å². The molecule has 0 spiro atoms. The zero-order valence-corrected chi connectivity index (χ0v) is 13.5. The average molecular weight is 319 g/mol. The van der Waals surface area contributed by atoms with Crippen LogP contribution in [0.2, 0.25) is 0 Å². The van der Waals surface area contributed by atoms with E-state index in [-0.39, 0.29) is 11.9 Å². The van der Waals surface area contributed by atoms with Crippen molar-refractivity contribution in [3.63, 3.8) is 0 Å². The van der Waals surface area contributed by atoms with Gasteiger partial charge in [0.1, 0.15) is 5.82 Å². The molecule has 0 radical (unpaired) electrons. The lowest BCUT2D eigenvalue weighted by Gasteiger charge is -2.26. The number of aliphatic hydroxyl groups excluding tert-OH is 1. The van der Waals surface area contributed by atoms with E-state index in [4.69, 9.17) is 4.74 Å². The molecule has 1 fully saturated rings. The van der Waals surface area contributed by atoms with Gasteiger partial charge in [0.15, 0.2) is 0 Å². The summed E-state index contributed by atoms with van der Waals surface area (Å²) in [5.41, 5.74) is 2.05. The van der Waals surface area contributed by atoms with E-state index in [2.05, 4.69) is 0 Å². The second kappa shape index (κ2) is 6.32. The first-order chi connectivity index (χ1) is 11.0. The number of rotatable bonds is 3. The Bertz CT molecular complexity index is 729. The highest BCUT2D eigenvalue weighted by Gasteiger charge is 2.25. The number of esters is 1. The van der Waals surface area contributed by atoms with Gasteiger partial charge in [-0.15, -0.1) is 0 Å². The first-order valence-electron chi connectivity index (χ1n) is 8.06. The third-order valence-corrected chi connectivity index (χ3v) is 4.93. The summed E-state index contributed by atoms with van der Waals surface area (Å²) >= 11 is 0. The highest BCUT2D eigenvalue weighted by molar-refractivity contribution is 6.05. The number of benzene rings is 1. The third kappa shape index (κ3) is 2.98. The van der Waals surface area contributed by atoms with Crippen LogP contribution in [0.25, 0.3) is 10.9 Å². The first kappa shape index (κ1) is 16.0. The van der Waals surface area contributed by atoms with E-state index >= 15 is 0 Å². The maximum Gasteiger partial charge on any atom is 0.340 e. The highest BCUT2D eigenvalue weighted by atomic mass is 19.1. The zero-order valence-electron chi connectivity index (χ0n) is 13.5. The summed E-state index contributed by atoms with van der Waals surface area (Å²) in [6, 6.07) is 4.49. The van der Waals surface area contributed by atoms with Gasteiger partial charge in [-0.25, -0.2) is 9.18 Å². The summed E-state index contributed by atoms with van der Waals surface area (Å²) in [5, 5.41) is 10.4. The fraction of sp³-hybridized carbons (Fsp3) is 0.500. The molecule has 0 bridgehead atoms. The molecule has 0 unspecified atom stereocenters. The van der Waals surface area contributed by atoms with Crippen molar-refractivity contribution in [2.75, 3.05) is 7.11 Å². The number of carbonyl (C=O) groups excluding carboxylic acids is 1. The molecule has 0 amide bonds. The van der Waals surface area contributed by atoms with Gasteiger partial charge >= 0.3 is 5.97 Å². The van der Waals surface area contributed by atoms with Crippen LogP contribution in [0.4, 0.5) is 4.39 Å². The molecule has 1 aromatic carbocycles. The van der Waals surface area contributed by atoms with Crippen LogP contribution in [0.15, 0.2) is 18.2 Å². The molecule has 4 nitrogen and oxygen atoms in total. The van der Waals surface area contributed by atoms with E-state index in [0.717, 1.165) is 48.8 Å². The van der Waals surface area contributed by atoms with E-state index in [0.29, 0.717) is 11.5 Å². The van der Waals surface area contributed by atoms with Crippen molar-refractivity contribution >= 4 is 16.9 Å². The molecule has 1 aliphatic carbocycles. The Morgan fingerprint density at radius 3 is 2.70 bits per heavy atom. The number of aromatic nitrogens is 1. The SMILES string of the molecule is COC(=O)c1c(C)n(CC2CCC(O)CC2)c2cc(F)ccc12. The second-order valence-corrected chi connectivity index (χ2v) is 6.40. The Balaban J connectivity index is 2.03. The van der Waals surface area contributed by atoms with Crippen molar-refractivity contribution in [1.82, 2.24) is 4.57 Å². The van der Waals surface area contributed by atoms with Crippen LogP contribution in [0.1, 0.15) is 41.7 Å². The molecule has 1 aliphatic rings. The molecule has 1 saturated carbocycles. The molecule has 5 heteroatoms. The number of hydrogen-bond acceptors (Lipinski definition) is 3. The van der Waals surface area contributed by atoms with Gasteiger partial charge in [-0.1, -0.05) is 0 Å². The van der Waals surface area contributed by atoms with E-state index in [1.165, 1.54) is 19.2 Å². The number of ether oxygens (including phenoxy) is 1. The van der Waals surface area contributed by atoms with Crippen molar-refractivity contribution in [2.45, 2.75) is 45.3 Å². The maximum atomic E-state index is 13.7. The van der Waals surface area contributed by atoms with Gasteiger partial charge in [0.25, 0.3) is 0 Å². The molecular formula is C18H22FNO3. The summed E-state index contributed by atoms with van der Waals surface area (Å²) in [4.78, 5) is 12.1. The van der Waals surface area contributed by atoms with Gasteiger partial charge in [-0.3, -0.25) is 0 Å². The standard InChI is InChI=1S/C18H22FNO3/c1-11-17(18(22)23-2)15-8-5-13(19)9-16(15)20(11)10-12-3-6-14(21)7-4-12/h5,8-9,12,14,21H,3-4,6-7,10H2,1-2H3. The largest absolute Gasteiger partial charge is 0.465 e. The number of aliphatic hydroxyl groups is 1. The number of carbonyl (C=O) groups is 1. The molecule has 0 saturated heterocycles. The Labute approximate surface area is 134 Å². The second-order valence-electron chi connectivity index (χ2n) is 6.40. The van der Waals surface area contributed by atoms with Crippen molar-refractivity contribution in [2.24, 2.45) is 5.92 Å². The lowest BCUT2D eigenvalue weighted by Crippen LogP contribution is -2.22. The van der Waals surface area contributed by atoms with Crippen molar-refractivity contribution < 1.29 is 19.0 Å². The molecule has 2 aromatic rings. The topological polar surface area (TPSA) is 51.5 Å². The summed E-state index contributed by atoms with van der Waals surface area (Å²) in [7, 11) is 1.36. The minimum atomic E-state index is -0.392. The van der Waals surface area contributed by atoms with Gasteiger partial charge in [0, 0.05) is 17.6 Å². The average Bonchev–Trinajstić information content (AvgIpc) is 2.81. The lowest BCUT2D eigenvalue weighted by molar-refractivity contribution is 0.0601. The van der Waals surface area contributed by atoms with Gasteiger partial charge < -0.3 is 14.4 Å². The normalized spacial score (nSPS) is 21.6. The minimum Gasteiger partial charge on any atom is -0.465 e. The molecule has 0 atom stereocenters. The van der Waals surface area contributed by atoms with Crippen LogP contribution < -0.4 is 0 Å². The quantitative estimate of drug-likeness (QED) is 0.882. The van der Waals surface area contributed by atoms with E-state index in [1.54, 1.807) is 6.07 Å². The van der Waals surface area contributed by atoms with Crippen LogP contribution >= 0.6 is 0 Å². The Morgan fingerprint density at radius 2 is 2.04 bits per heavy atom. The Morgan fingerprint density at radius 1 is 1.35 bits per heavy atom.